The summed E-state index contributed by atoms with van der Waals surface area (Å²) in [5.74, 6) is 0.676. The first-order valence-corrected chi connectivity index (χ1v) is 6.96. The van der Waals surface area contributed by atoms with E-state index < -0.39 is 6.10 Å². The summed E-state index contributed by atoms with van der Waals surface area (Å²) in [4.78, 5) is 0. The third kappa shape index (κ3) is 6.28. The number of aliphatic hydroxyl groups excluding tert-OH is 1. The van der Waals surface area contributed by atoms with E-state index >= 15 is 0 Å². The highest BCUT2D eigenvalue weighted by Gasteiger charge is 2.20. The van der Waals surface area contributed by atoms with Crippen LogP contribution in [-0.2, 0) is 0 Å². The Morgan fingerprint density at radius 3 is 2.63 bits per heavy atom. The molecule has 1 aromatic carbocycles. The Hall–Kier alpha value is -0.770. The number of hydrogen-bond acceptors (Lipinski definition) is 3. The van der Waals surface area contributed by atoms with Crippen molar-refractivity contribution in [3.8, 4) is 5.75 Å². The van der Waals surface area contributed by atoms with Gasteiger partial charge in [-0.2, -0.15) is 0 Å². The molecule has 108 valence electrons. The lowest BCUT2D eigenvalue weighted by Crippen LogP contribution is -2.42. The monoisotopic (exact) mass is 285 g/mol. The molecule has 0 saturated heterocycles. The van der Waals surface area contributed by atoms with E-state index in [0.29, 0.717) is 23.4 Å². The Morgan fingerprint density at radius 2 is 2.05 bits per heavy atom. The van der Waals surface area contributed by atoms with Crippen molar-refractivity contribution in [1.29, 1.82) is 0 Å². The molecular formula is C15H24ClNO2. The van der Waals surface area contributed by atoms with Crippen LogP contribution in [0, 0.1) is 5.41 Å². The van der Waals surface area contributed by atoms with E-state index in [9.17, 15) is 5.11 Å². The van der Waals surface area contributed by atoms with Crippen LogP contribution in [0.2, 0.25) is 5.02 Å². The average Bonchev–Trinajstić information content (AvgIpc) is 2.32. The SMILES string of the molecule is CC(NCC(O)COc1cccc(Cl)c1)C(C)(C)C. The van der Waals surface area contributed by atoms with E-state index in [0.717, 1.165) is 0 Å². The second kappa shape index (κ2) is 7.13. The Kier molecular flexibility index (Phi) is 6.11. The third-order valence-corrected chi connectivity index (χ3v) is 3.43. The Morgan fingerprint density at radius 1 is 1.37 bits per heavy atom. The van der Waals surface area contributed by atoms with Crippen LogP contribution in [0.25, 0.3) is 0 Å². The molecule has 0 heterocycles. The summed E-state index contributed by atoms with van der Waals surface area (Å²) in [6.07, 6.45) is -0.538. The lowest BCUT2D eigenvalue weighted by atomic mass is 9.88. The number of ether oxygens (including phenoxy) is 1. The van der Waals surface area contributed by atoms with Gasteiger partial charge in [-0.05, 0) is 30.5 Å². The van der Waals surface area contributed by atoms with Crippen LogP contribution < -0.4 is 10.1 Å². The molecule has 2 atom stereocenters. The largest absolute Gasteiger partial charge is 0.491 e. The quantitative estimate of drug-likeness (QED) is 0.844. The van der Waals surface area contributed by atoms with Gasteiger partial charge in [-0.1, -0.05) is 38.4 Å². The summed E-state index contributed by atoms with van der Waals surface area (Å²) in [5, 5.41) is 13.8. The Labute approximate surface area is 120 Å². The first kappa shape index (κ1) is 16.3. The molecule has 0 fully saturated rings. The van der Waals surface area contributed by atoms with Crippen molar-refractivity contribution >= 4 is 11.6 Å². The minimum absolute atomic E-state index is 0.174. The fourth-order valence-electron chi connectivity index (χ4n) is 1.43. The fraction of sp³-hybridized carbons (Fsp3) is 0.600. The van der Waals surface area contributed by atoms with Crippen LogP contribution >= 0.6 is 11.6 Å². The minimum Gasteiger partial charge on any atom is -0.491 e. The molecule has 3 nitrogen and oxygen atoms in total. The molecule has 0 aliphatic carbocycles. The molecule has 2 unspecified atom stereocenters. The molecule has 0 bridgehead atoms. The molecule has 0 spiro atoms. The molecule has 0 aliphatic heterocycles. The maximum absolute atomic E-state index is 9.87. The van der Waals surface area contributed by atoms with Gasteiger partial charge in [-0.3, -0.25) is 0 Å². The van der Waals surface area contributed by atoms with Crippen molar-refractivity contribution in [2.24, 2.45) is 5.41 Å². The molecule has 0 aromatic heterocycles. The van der Waals surface area contributed by atoms with E-state index in [1.807, 2.05) is 12.1 Å². The van der Waals surface area contributed by atoms with Gasteiger partial charge in [0.2, 0.25) is 0 Å². The third-order valence-electron chi connectivity index (χ3n) is 3.20. The van der Waals surface area contributed by atoms with Crippen molar-refractivity contribution in [3.63, 3.8) is 0 Å². The molecule has 0 saturated carbocycles. The van der Waals surface area contributed by atoms with E-state index in [2.05, 4.69) is 33.0 Å². The van der Waals surface area contributed by atoms with Crippen molar-refractivity contribution in [1.82, 2.24) is 5.32 Å². The summed E-state index contributed by atoms with van der Waals surface area (Å²) >= 11 is 5.86. The molecule has 4 heteroatoms. The minimum atomic E-state index is -0.538. The Bertz CT molecular complexity index is 390. The number of halogens is 1. The Balaban J connectivity index is 2.30. The van der Waals surface area contributed by atoms with Crippen LogP contribution in [0.15, 0.2) is 24.3 Å². The fourth-order valence-corrected chi connectivity index (χ4v) is 1.61. The highest BCUT2D eigenvalue weighted by molar-refractivity contribution is 6.30. The molecule has 0 aliphatic rings. The number of aliphatic hydroxyl groups is 1. The van der Waals surface area contributed by atoms with Crippen LogP contribution in [0.4, 0.5) is 0 Å². The van der Waals surface area contributed by atoms with Gasteiger partial charge >= 0.3 is 0 Å². The second-order valence-corrected chi connectivity index (χ2v) is 6.35. The topological polar surface area (TPSA) is 41.5 Å². The van der Waals surface area contributed by atoms with Gasteiger partial charge in [0.1, 0.15) is 18.5 Å². The van der Waals surface area contributed by atoms with E-state index in [-0.39, 0.29) is 12.0 Å². The van der Waals surface area contributed by atoms with Gasteiger partial charge in [-0.15, -0.1) is 0 Å². The van der Waals surface area contributed by atoms with Crippen molar-refractivity contribution in [2.75, 3.05) is 13.2 Å². The number of hydrogen-bond donors (Lipinski definition) is 2. The molecule has 19 heavy (non-hydrogen) atoms. The van der Waals surface area contributed by atoms with Gasteiger partial charge in [0.15, 0.2) is 0 Å². The van der Waals surface area contributed by atoms with Crippen molar-refractivity contribution in [3.05, 3.63) is 29.3 Å². The smallest absolute Gasteiger partial charge is 0.120 e. The maximum atomic E-state index is 9.87. The lowest BCUT2D eigenvalue weighted by molar-refractivity contribution is 0.0986. The highest BCUT2D eigenvalue weighted by atomic mass is 35.5. The zero-order valence-corrected chi connectivity index (χ0v) is 12.9. The second-order valence-electron chi connectivity index (χ2n) is 5.92. The van der Waals surface area contributed by atoms with E-state index in [1.165, 1.54) is 0 Å². The van der Waals surface area contributed by atoms with E-state index in [1.54, 1.807) is 12.1 Å². The van der Waals surface area contributed by atoms with Gasteiger partial charge in [-0.25, -0.2) is 0 Å². The van der Waals surface area contributed by atoms with Crippen LogP contribution in [-0.4, -0.2) is 30.4 Å². The first-order chi connectivity index (χ1) is 8.79. The average molecular weight is 286 g/mol. The first-order valence-electron chi connectivity index (χ1n) is 6.59. The van der Waals surface area contributed by atoms with Gasteiger partial charge in [0.05, 0.1) is 0 Å². The number of rotatable bonds is 6. The number of benzene rings is 1. The highest BCUT2D eigenvalue weighted by Crippen LogP contribution is 2.19. The zero-order chi connectivity index (χ0) is 14.5. The summed E-state index contributed by atoms with van der Waals surface area (Å²) < 4.78 is 5.49. The van der Waals surface area contributed by atoms with Gasteiger partial charge in [0.25, 0.3) is 0 Å². The molecule has 1 aromatic rings. The molecule has 0 radical (unpaired) electrons. The zero-order valence-electron chi connectivity index (χ0n) is 12.1. The molecule has 0 amide bonds. The summed E-state index contributed by atoms with van der Waals surface area (Å²) in [5.41, 5.74) is 0.174. The number of nitrogens with one attached hydrogen (secondary N) is 1. The van der Waals surface area contributed by atoms with Crippen LogP contribution in [0.1, 0.15) is 27.7 Å². The van der Waals surface area contributed by atoms with Crippen molar-refractivity contribution in [2.45, 2.75) is 39.8 Å². The van der Waals surface area contributed by atoms with Gasteiger partial charge < -0.3 is 15.2 Å². The molecule has 2 N–H and O–H groups in total. The maximum Gasteiger partial charge on any atom is 0.120 e. The normalized spacial score (nSPS) is 15.1. The molecule has 1 rings (SSSR count). The molecular weight excluding hydrogens is 262 g/mol. The summed E-state index contributed by atoms with van der Waals surface area (Å²) in [6, 6.07) is 7.50. The van der Waals surface area contributed by atoms with Gasteiger partial charge in [0, 0.05) is 17.6 Å². The summed E-state index contributed by atoms with van der Waals surface area (Å²) in [7, 11) is 0. The summed E-state index contributed by atoms with van der Waals surface area (Å²) in [6.45, 7) is 9.38. The van der Waals surface area contributed by atoms with Crippen molar-refractivity contribution < 1.29 is 9.84 Å². The predicted octanol–water partition coefficient (Wildman–Crippen LogP) is 3.10. The predicted molar refractivity (Wildman–Crippen MR) is 79.9 cm³/mol. The van der Waals surface area contributed by atoms with Crippen LogP contribution in [0.5, 0.6) is 5.75 Å². The van der Waals surface area contributed by atoms with E-state index in [4.69, 9.17) is 16.3 Å². The standard InChI is InChI=1S/C15H24ClNO2/c1-11(15(2,3)4)17-9-13(18)10-19-14-7-5-6-12(16)8-14/h5-8,11,13,17-18H,9-10H2,1-4H3. The van der Waals surface area contributed by atoms with Crippen LogP contribution in [0.3, 0.4) is 0 Å². The lowest BCUT2D eigenvalue weighted by Gasteiger charge is -2.29.